The Balaban J connectivity index is 1.82. The van der Waals surface area contributed by atoms with E-state index in [0.717, 1.165) is 6.42 Å². The quantitative estimate of drug-likeness (QED) is 0.172. The molecule has 3 fully saturated rings. The van der Waals surface area contributed by atoms with Gasteiger partial charge in [-0.05, 0) is 95.4 Å². The van der Waals surface area contributed by atoms with E-state index in [-0.39, 0.29) is 42.2 Å². The molecule has 9 heteroatoms. The largest absolute Gasteiger partial charge is 0.494 e. The monoisotopic (exact) mass is 665 g/mol. The molecule has 1 spiro atoms. The lowest BCUT2D eigenvalue weighted by atomic mass is 9.62. The van der Waals surface area contributed by atoms with Gasteiger partial charge in [0, 0.05) is 37.5 Å². The molecule has 6 atom stereocenters. The molecular formula is C39H59N3O6. The van der Waals surface area contributed by atoms with Gasteiger partial charge < -0.3 is 29.3 Å². The summed E-state index contributed by atoms with van der Waals surface area (Å²) in [6.07, 6.45) is 6.62. The number of amides is 3. The first-order chi connectivity index (χ1) is 22.5. The Morgan fingerprint density at radius 3 is 2.27 bits per heavy atom. The number of fused-ring (bicyclic) bond motifs is 1. The third-order valence-corrected chi connectivity index (χ3v) is 10.7. The van der Waals surface area contributed by atoms with Crippen molar-refractivity contribution in [2.45, 2.75) is 110 Å². The van der Waals surface area contributed by atoms with E-state index >= 15 is 4.79 Å². The summed E-state index contributed by atoms with van der Waals surface area (Å²) in [5.74, 6) is -1.57. The summed E-state index contributed by atoms with van der Waals surface area (Å²) in [6.45, 7) is 26.0. The highest BCUT2D eigenvalue weighted by molar-refractivity contribution is 6.03. The van der Waals surface area contributed by atoms with E-state index in [2.05, 4.69) is 54.7 Å². The standard InChI is InChI=1S/C39H59N3O6/c1-11-21-40(28-17-19-29(20-18-28)47-13-3)33(44)30-31-34(45)41(23-15-14-16-24-43)32(39(31)25-27(4)38(30,10)48-39)35(46)42(22-12-2)37(8,9)26-36(5,6)7/h11-12,17-20,27,30-32,43H,1-2,13-16,21-26H2,3-10H3/t27?,30-,31+,32?,38+,39?/m1/s1. The highest BCUT2D eigenvalue weighted by atomic mass is 16.5. The van der Waals surface area contributed by atoms with Crippen LogP contribution >= 0.6 is 0 Å². The van der Waals surface area contributed by atoms with Gasteiger partial charge in [0.05, 0.1) is 24.0 Å². The molecule has 9 nitrogen and oxygen atoms in total. The van der Waals surface area contributed by atoms with Crippen molar-refractivity contribution in [1.29, 1.82) is 0 Å². The highest BCUT2D eigenvalue weighted by Gasteiger charge is 2.80. The van der Waals surface area contributed by atoms with Gasteiger partial charge in [-0.3, -0.25) is 14.4 Å². The number of aliphatic hydroxyl groups excluding tert-OH is 1. The average Bonchev–Trinajstić information content (AvgIpc) is 3.52. The zero-order valence-electron chi connectivity index (χ0n) is 30.6. The van der Waals surface area contributed by atoms with Crippen molar-refractivity contribution in [3.05, 3.63) is 49.6 Å². The second-order valence-electron chi connectivity index (χ2n) is 16.0. The third kappa shape index (κ3) is 6.82. The molecule has 3 aliphatic heterocycles. The van der Waals surface area contributed by atoms with Crippen molar-refractivity contribution in [2.75, 3.05) is 37.7 Å². The number of carbonyl (C=O) groups is 3. The van der Waals surface area contributed by atoms with E-state index in [1.165, 1.54) is 0 Å². The molecule has 2 bridgehead atoms. The van der Waals surface area contributed by atoms with Crippen LogP contribution in [0.3, 0.4) is 0 Å². The second-order valence-corrected chi connectivity index (χ2v) is 16.0. The SMILES string of the molecule is C=CCN(C(=O)[C@H]1[C@H]2C(=O)N(CCCCCO)C(C(=O)N(CC=C)C(C)(C)CC(C)(C)C)C23CC(C)[C@]1(C)O3)c1ccc(OCC)cc1. The van der Waals surface area contributed by atoms with Gasteiger partial charge in [-0.15, -0.1) is 13.2 Å². The van der Waals surface area contributed by atoms with Crippen molar-refractivity contribution in [3.8, 4) is 5.75 Å². The van der Waals surface area contributed by atoms with Crippen molar-refractivity contribution >= 4 is 23.4 Å². The Morgan fingerprint density at radius 2 is 1.71 bits per heavy atom. The minimum atomic E-state index is -1.16. The lowest BCUT2D eigenvalue weighted by Crippen LogP contribution is -2.61. The molecule has 1 aromatic rings. The summed E-state index contributed by atoms with van der Waals surface area (Å²) in [4.78, 5) is 50.0. The van der Waals surface area contributed by atoms with Gasteiger partial charge in [0.1, 0.15) is 17.4 Å². The number of benzene rings is 1. The predicted octanol–water partition coefficient (Wildman–Crippen LogP) is 6.01. The van der Waals surface area contributed by atoms with E-state index in [1.807, 2.05) is 43.0 Å². The van der Waals surface area contributed by atoms with E-state index in [9.17, 15) is 14.7 Å². The number of hydrogen-bond acceptors (Lipinski definition) is 6. The number of aliphatic hydroxyl groups is 1. The summed E-state index contributed by atoms with van der Waals surface area (Å²) >= 11 is 0. The van der Waals surface area contributed by atoms with Crippen molar-refractivity contribution in [2.24, 2.45) is 23.2 Å². The molecule has 3 amide bonds. The van der Waals surface area contributed by atoms with Crippen LogP contribution < -0.4 is 9.64 Å². The van der Waals surface area contributed by atoms with Gasteiger partial charge in [-0.2, -0.15) is 0 Å². The molecule has 3 aliphatic rings. The molecule has 0 saturated carbocycles. The van der Waals surface area contributed by atoms with Crippen LogP contribution in [-0.2, 0) is 19.1 Å². The first-order valence-corrected chi connectivity index (χ1v) is 17.7. The molecule has 3 heterocycles. The van der Waals surface area contributed by atoms with Gasteiger partial charge in [0.15, 0.2) is 0 Å². The van der Waals surface area contributed by atoms with Gasteiger partial charge in [0.25, 0.3) is 0 Å². The van der Waals surface area contributed by atoms with E-state index in [0.29, 0.717) is 56.8 Å². The first-order valence-electron chi connectivity index (χ1n) is 17.7. The van der Waals surface area contributed by atoms with Crippen LogP contribution in [0.15, 0.2) is 49.6 Å². The van der Waals surface area contributed by atoms with Crippen molar-refractivity contribution in [3.63, 3.8) is 0 Å². The lowest BCUT2D eigenvalue weighted by Gasteiger charge is -2.45. The Bertz CT molecular complexity index is 1350. The number of likely N-dealkylation sites (tertiary alicyclic amines) is 1. The number of hydrogen-bond donors (Lipinski definition) is 1. The summed E-state index contributed by atoms with van der Waals surface area (Å²) in [6, 6.07) is 6.49. The maximum absolute atomic E-state index is 15.1. The van der Waals surface area contributed by atoms with E-state index in [4.69, 9.17) is 9.47 Å². The van der Waals surface area contributed by atoms with Crippen LogP contribution in [0.5, 0.6) is 5.75 Å². The maximum atomic E-state index is 15.1. The van der Waals surface area contributed by atoms with Gasteiger partial charge >= 0.3 is 0 Å². The molecule has 266 valence electrons. The van der Waals surface area contributed by atoms with Crippen molar-refractivity contribution in [1.82, 2.24) is 9.80 Å². The fraction of sp³-hybridized carbons (Fsp3) is 0.667. The van der Waals surface area contributed by atoms with Crippen LogP contribution in [0.4, 0.5) is 5.69 Å². The summed E-state index contributed by atoms with van der Waals surface area (Å²) < 4.78 is 12.7. The van der Waals surface area contributed by atoms with Crippen molar-refractivity contribution < 1.29 is 29.0 Å². The Labute approximate surface area is 288 Å². The molecule has 0 aromatic heterocycles. The molecule has 48 heavy (non-hydrogen) atoms. The topological polar surface area (TPSA) is 99.6 Å². The van der Waals surface area contributed by atoms with Gasteiger partial charge in [-0.1, -0.05) is 39.8 Å². The van der Waals surface area contributed by atoms with Crippen LogP contribution in [-0.4, -0.2) is 88.3 Å². The molecular weight excluding hydrogens is 606 g/mol. The number of carbonyl (C=O) groups excluding carboxylic acids is 3. The fourth-order valence-corrected chi connectivity index (χ4v) is 9.02. The molecule has 4 rings (SSSR count). The number of rotatable bonds is 16. The summed E-state index contributed by atoms with van der Waals surface area (Å²) in [5, 5.41) is 9.44. The van der Waals surface area contributed by atoms with Gasteiger partial charge in [0.2, 0.25) is 17.7 Å². The lowest BCUT2D eigenvalue weighted by molar-refractivity contribution is -0.156. The number of anilines is 1. The molecule has 3 unspecified atom stereocenters. The van der Waals surface area contributed by atoms with E-state index < -0.39 is 34.6 Å². The van der Waals surface area contributed by atoms with Crippen LogP contribution in [0.1, 0.15) is 87.5 Å². The van der Waals surface area contributed by atoms with Gasteiger partial charge in [-0.25, -0.2) is 0 Å². The summed E-state index contributed by atoms with van der Waals surface area (Å²) in [7, 11) is 0. The smallest absolute Gasteiger partial charge is 0.249 e. The predicted molar refractivity (Wildman–Crippen MR) is 190 cm³/mol. The van der Waals surface area contributed by atoms with Crippen LogP contribution in [0.2, 0.25) is 0 Å². The maximum Gasteiger partial charge on any atom is 0.249 e. The number of nitrogens with zero attached hydrogens (tertiary/aromatic N) is 3. The summed E-state index contributed by atoms with van der Waals surface area (Å²) in [5.41, 5.74) is -2.03. The van der Waals surface area contributed by atoms with Crippen LogP contribution in [0.25, 0.3) is 0 Å². The Kier molecular flexibility index (Phi) is 11.3. The molecule has 0 radical (unpaired) electrons. The Morgan fingerprint density at radius 1 is 1.06 bits per heavy atom. The van der Waals surface area contributed by atoms with Crippen LogP contribution in [0, 0.1) is 23.2 Å². The highest BCUT2D eigenvalue weighted by Crippen LogP contribution is 2.65. The minimum absolute atomic E-state index is 0.0587. The molecule has 3 saturated heterocycles. The third-order valence-electron chi connectivity index (χ3n) is 10.7. The average molecular weight is 666 g/mol. The number of ether oxygens (including phenoxy) is 2. The zero-order chi connectivity index (χ0) is 35.7. The van der Waals surface area contributed by atoms with E-state index in [1.54, 1.807) is 22.0 Å². The second kappa shape index (κ2) is 14.4. The molecule has 1 aromatic carbocycles. The fourth-order valence-electron chi connectivity index (χ4n) is 9.02. The minimum Gasteiger partial charge on any atom is -0.494 e. The molecule has 1 N–H and O–H groups in total. The first kappa shape index (κ1) is 37.6. The normalized spacial score (nSPS) is 27.9. The molecule has 0 aliphatic carbocycles. The number of unbranched alkanes of at least 4 members (excludes halogenated alkanes) is 2. The Hall–Kier alpha value is -3.17. The zero-order valence-corrected chi connectivity index (χ0v) is 30.6.